The van der Waals surface area contributed by atoms with Crippen LogP contribution < -0.4 is 5.32 Å². The van der Waals surface area contributed by atoms with Crippen LogP contribution in [-0.4, -0.2) is 23.2 Å². The van der Waals surface area contributed by atoms with Crippen LogP contribution >= 0.6 is 0 Å². The van der Waals surface area contributed by atoms with E-state index in [0.29, 0.717) is 6.42 Å². The lowest BCUT2D eigenvalue weighted by molar-refractivity contribution is 0.0388. The average molecular weight is 385 g/mol. The predicted molar refractivity (Wildman–Crippen MR) is 120 cm³/mol. The summed E-state index contributed by atoms with van der Waals surface area (Å²) in [6.07, 6.45) is 2.75. The highest BCUT2D eigenvalue weighted by Gasteiger charge is 2.41. The second kappa shape index (κ2) is 7.86. The van der Waals surface area contributed by atoms with Crippen LogP contribution in [0, 0.1) is 13.8 Å². The molecule has 4 aromatic rings. The summed E-state index contributed by atoms with van der Waals surface area (Å²) in [6, 6.07) is 24.4. The first-order valence-electron chi connectivity index (χ1n) is 10.1. The van der Waals surface area contributed by atoms with E-state index < -0.39 is 5.60 Å². The van der Waals surface area contributed by atoms with Crippen LogP contribution in [-0.2, 0) is 12.0 Å². The van der Waals surface area contributed by atoms with Gasteiger partial charge in [-0.15, -0.1) is 0 Å². The van der Waals surface area contributed by atoms with E-state index in [9.17, 15) is 5.11 Å². The highest BCUT2D eigenvalue weighted by Crippen LogP contribution is 2.38. The van der Waals surface area contributed by atoms with Crippen LogP contribution in [0.3, 0.4) is 0 Å². The van der Waals surface area contributed by atoms with Gasteiger partial charge >= 0.3 is 0 Å². The summed E-state index contributed by atoms with van der Waals surface area (Å²) in [5, 5.41) is 17.0. The number of para-hydroxylation sites is 1. The Balaban J connectivity index is 1.87. The fraction of sp³-hybridized carbons (Fsp3) is 0.231. The third-order valence-corrected chi connectivity index (χ3v) is 6.06. The zero-order valence-corrected chi connectivity index (χ0v) is 17.2. The monoisotopic (exact) mass is 384 g/mol. The Hall–Kier alpha value is -2.88. The molecule has 3 nitrogen and oxygen atoms in total. The van der Waals surface area contributed by atoms with E-state index in [1.807, 2.05) is 49.5 Å². The number of aryl methyl sites for hydroxylation is 2. The molecule has 0 bridgehead atoms. The van der Waals surface area contributed by atoms with Gasteiger partial charge in [-0.3, -0.25) is 0 Å². The Labute approximate surface area is 172 Å². The van der Waals surface area contributed by atoms with Crippen molar-refractivity contribution < 1.29 is 5.11 Å². The number of aromatic nitrogens is 1. The van der Waals surface area contributed by atoms with Crippen molar-refractivity contribution in [2.45, 2.75) is 31.9 Å². The molecular formula is C26H28N2O. The van der Waals surface area contributed by atoms with E-state index in [-0.39, 0.29) is 6.04 Å². The Morgan fingerprint density at radius 2 is 1.41 bits per heavy atom. The number of nitrogens with one attached hydrogen (secondary N) is 2. The number of aromatic amines is 1. The molecule has 3 heteroatoms. The molecule has 29 heavy (non-hydrogen) atoms. The Kier molecular flexibility index (Phi) is 5.27. The van der Waals surface area contributed by atoms with Crippen molar-refractivity contribution in [3.63, 3.8) is 0 Å². The molecule has 1 atom stereocenters. The molecule has 0 spiro atoms. The number of hydrogen-bond donors (Lipinski definition) is 3. The minimum Gasteiger partial charge on any atom is -0.379 e. The standard InChI is InChI=1S/C26H28N2O/c1-18-10-4-7-13-22(18)26(29,23-14-8-5-11-19(23)2)25(27-3)16-20-17-28-24-15-9-6-12-21(20)24/h4-15,17,25,27-29H,16H2,1-3H3/t25-/m0/s1. The maximum absolute atomic E-state index is 12.4. The quantitative estimate of drug-likeness (QED) is 0.445. The molecule has 4 rings (SSSR count). The van der Waals surface area contributed by atoms with E-state index in [2.05, 4.69) is 60.7 Å². The van der Waals surface area contributed by atoms with Crippen LogP contribution in [0.25, 0.3) is 10.9 Å². The summed E-state index contributed by atoms with van der Waals surface area (Å²) in [5.74, 6) is 0. The van der Waals surface area contributed by atoms with E-state index in [0.717, 1.165) is 27.8 Å². The molecule has 0 fully saturated rings. The molecule has 0 unspecified atom stereocenters. The molecule has 0 aliphatic heterocycles. The molecule has 148 valence electrons. The van der Waals surface area contributed by atoms with Gasteiger partial charge < -0.3 is 15.4 Å². The maximum atomic E-state index is 12.4. The SMILES string of the molecule is CN[C@@H](Cc1c[nH]c2ccccc12)C(O)(c1ccccc1C)c1ccccc1C. The van der Waals surface area contributed by atoms with Gasteiger partial charge in [-0.05, 0) is 61.2 Å². The summed E-state index contributed by atoms with van der Waals surface area (Å²) in [4.78, 5) is 3.36. The van der Waals surface area contributed by atoms with E-state index >= 15 is 0 Å². The highest BCUT2D eigenvalue weighted by molar-refractivity contribution is 5.83. The van der Waals surface area contributed by atoms with Crippen LogP contribution in [0.5, 0.6) is 0 Å². The molecule has 1 heterocycles. The van der Waals surface area contributed by atoms with Gasteiger partial charge in [0.2, 0.25) is 0 Å². The number of H-pyrrole nitrogens is 1. The van der Waals surface area contributed by atoms with Crippen LogP contribution in [0.2, 0.25) is 0 Å². The minimum absolute atomic E-state index is 0.205. The van der Waals surface area contributed by atoms with E-state index in [1.54, 1.807) is 0 Å². The lowest BCUT2D eigenvalue weighted by Crippen LogP contribution is -2.50. The van der Waals surface area contributed by atoms with Crippen molar-refractivity contribution in [1.82, 2.24) is 10.3 Å². The number of aliphatic hydroxyl groups is 1. The summed E-state index contributed by atoms with van der Waals surface area (Å²) in [7, 11) is 1.93. The smallest absolute Gasteiger partial charge is 0.131 e. The minimum atomic E-state index is -1.16. The lowest BCUT2D eigenvalue weighted by Gasteiger charge is -2.39. The Bertz CT molecular complexity index is 1080. The topological polar surface area (TPSA) is 48.0 Å². The third-order valence-electron chi connectivity index (χ3n) is 6.06. The van der Waals surface area contributed by atoms with Crippen LogP contribution in [0.4, 0.5) is 0 Å². The first-order valence-corrected chi connectivity index (χ1v) is 10.1. The second-order valence-electron chi connectivity index (χ2n) is 7.80. The summed E-state index contributed by atoms with van der Waals surface area (Å²) < 4.78 is 0. The fourth-order valence-corrected chi connectivity index (χ4v) is 4.50. The van der Waals surface area contributed by atoms with Gasteiger partial charge in [-0.1, -0.05) is 66.7 Å². The number of fused-ring (bicyclic) bond motifs is 1. The first-order chi connectivity index (χ1) is 14.1. The molecule has 1 aromatic heterocycles. The van der Waals surface area contributed by atoms with E-state index in [4.69, 9.17) is 0 Å². The lowest BCUT2D eigenvalue weighted by atomic mass is 9.75. The molecule has 0 saturated heterocycles. The highest BCUT2D eigenvalue weighted by atomic mass is 16.3. The second-order valence-corrected chi connectivity index (χ2v) is 7.80. The maximum Gasteiger partial charge on any atom is 0.131 e. The normalized spacial score (nSPS) is 13.0. The van der Waals surface area contributed by atoms with Crippen molar-refractivity contribution in [2.24, 2.45) is 0 Å². The number of benzene rings is 3. The van der Waals surface area contributed by atoms with Gasteiger partial charge in [0.25, 0.3) is 0 Å². The largest absolute Gasteiger partial charge is 0.379 e. The molecule has 0 saturated carbocycles. The summed E-state index contributed by atoms with van der Waals surface area (Å²) in [6.45, 7) is 4.13. The predicted octanol–water partition coefficient (Wildman–Crippen LogP) is 4.85. The molecule has 0 amide bonds. The number of hydrogen-bond acceptors (Lipinski definition) is 2. The molecule has 0 aliphatic rings. The van der Waals surface area contributed by atoms with Crippen molar-refractivity contribution in [3.8, 4) is 0 Å². The van der Waals surface area contributed by atoms with Gasteiger partial charge in [-0.25, -0.2) is 0 Å². The van der Waals surface area contributed by atoms with Gasteiger partial charge in [0.15, 0.2) is 0 Å². The molecular weight excluding hydrogens is 356 g/mol. The molecule has 0 aliphatic carbocycles. The Morgan fingerprint density at radius 3 is 2.00 bits per heavy atom. The Morgan fingerprint density at radius 1 is 0.862 bits per heavy atom. The van der Waals surface area contributed by atoms with Crippen molar-refractivity contribution in [1.29, 1.82) is 0 Å². The van der Waals surface area contributed by atoms with Crippen molar-refractivity contribution in [3.05, 3.63) is 107 Å². The van der Waals surface area contributed by atoms with Gasteiger partial charge in [0, 0.05) is 23.1 Å². The van der Waals surface area contributed by atoms with Gasteiger partial charge in [0.05, 0.1) is 0 Å². The zero-order valence-electron chi connectivity index (χ0n) is 17.2. The first kappa shape index (κ1) is 19.4. The van der Waals surface area contributed by atoms with Crippen molar-refractivity contribution in [2.75, 3.05) is 7.05 Å². The number of likely N-dealkylation sites (N-methyl/N-ethyl adjacent to an activating group) is 1. The molecule has 3 aromatic carbocycles. The summed E-state index contributed by atoms with van der Waals surface area (Å²) >= 11 is 0. The van der Waals surface area contributed by atoms with Crippen LogP contribution in [0.15, 0.2) is 79.0 Å². The van der Waals surface area contributed by atoms with Crippen molar-refractivity contribution >= 4 is 10.9 Å². The molecule has 3 N–H and O–H groups in total. The van der Waals surface area contributed by atoms with Gasteiger partial charge in [-0.2, -0.15) is 0 Å². The summed E-state index contributed by atoms with van der Waals surface area (Å²) in [5.41, 5.74) is 5.19. The average Bonchev–Trinajstić information content (AvgIpc) is 3.15. The molecule has 0 radical (unpaired) electrons. The third kappa shape index (κ3) is 3.37. The van der Waals surface area contributed by atoms with E-state index in [1.165, 1.54) is 10.9 Å². The fourth-order valence-electron chi connectivity index (χ4n) is 4.50. The zero-order chi connectivity index (χ0) is 20.4. The van der Waals surface area contributed by atoms with Gasteiger partial charge in [0.1, 0.15) is 5.60 Å². The van der Waals surface area contributed by atoms with Crippen LogP contribution in [0.1, 0.15) is 27.8 Å². The number of rotatable bonds is 6.